The zero-order valence-electron chi connectivity index (χ0n) is 13.0. The molecule has 1 aromatic rings. The van der Waals surface area contributed by atoms with Crippen molar-refractivity contribution in [1.29, 1.82) is 0 Å². The quantitative estimate of drug-likeness (QED) is 0.829. The fourth-order valence-electron chi connectivity index (χ4n) is 2.89. The van der Waals surface area contributed by atoms with E-state index in [0.717, 1.165) is 30.2 Å². The fourth-order valence-corrected chi connectivity index (χ4v) is 2.89. The van der Waals surface area contributed by atoms with Crippen molar-refractivity contribution in [2.24, 2.45) is 0 Å². The molecule has 2 rings (SSSR count). The van der Waals surface area contributed by atoms with Gasteiger partial charge in [-0.05, 0) is 39.4 Å². The van der Waals surface area contributed by atoms with Gasteiger partial charge in [0.1, 0.15) is 0 Å². The van der Waals surface area contributed by atoms with Gasteiger partial charge in [-0.25, -0.2) is 0 Å². The van der Waals surface area contributed by atoms with Gasteiger partial charge in [-0.1, -0.05) is 12.1 Å². The molecule has 0 amide bonds. The summed E-state index contributed by atoms with van der Waals surface area (Å²) in [5.41, 5.74) is 1.48. The van der Waals surface area contributed by atoms with Gasteiger partial charge in [0.15, 0.2) is 11.5 Å². The van der Waals surface area contributed by atoms with Crippen molar-refractivity contribution >= 4 is 0 Å². The molecule has 1 aromatic carbocycles. The third kappa shape index (κ3) is 2.91. The standard InChI is InChI=1S/C16H26N2O2/c1-18(2)16(9-6-10-16)12-17-11-13-7-5-8-14(19-3)15(13)20-4/h5,7-8,17H,6,9-12H2,1-4H3. The molecule has 1 aliphatic carbocycles. The number of methoxy groups -OCH3 is 2. The molecular weight excluding hydrogens is 252 g/mol. The van der Waals surface area contributed by atoms with E-state index in [2.05, 4.69) is 30.4 Å². The lowest BCUT2D eigenvalue weighted by Gasteiger charge is -2.47. The van der Waals surface area contributed by atoms with Crippen LogP contribution in [-0.2, 0) is 6.54 Å². The first-order valence-electron chi connectivity index (χ1n) is 7.21. The Morgan fingerprint density at radius 1 is 1.20 bits per heavy atom. The normalized spacial score (nSPS) is 16.9. The number of hydrogen-bond donors (Lipinski definition) is 1. The van der Waals surface area contributed by atoms with E-state index in [-0.39, 0.29) is 0 Å². The summed E-state index contributed by atoms with van der Waals surface area (Å²) in [6.45, 7) is 1.82. The van der Waals surface area contributed by atoms with Crippen molar-refractivity contribution in [3.63, 3.8) is 0 Å². The first kappa shape index (κ1) is 15.1. The van der Waals surface area contributed by atoms with E-state index in [0.29, 0.717) is 5.54 Å². The number of likely N-dealkylation sites (N-methyl/N-ethyl adjacent to an activating group) is 1. The summed E-state index contributed by atoms with van der Waals surface area (Å²) in [6.07, 6.45) is 3.90. The molecule has 1 aliphatic rings. The van der Waals surface area contributed by atoms with Gasteiger partial charge in [0.25, 0.3) is 0 Å². The van der Waals surface area contributed by atoms with E-state index in [9.17, 15) is 0 Å². The molecule has 0 radical (unpaired) electrons. The number of rotatable bonds is 7. The second-order valence-electron chi connectivity index (χ2n) is 5.73. The molecule has 1 saturated carbocycles. The highest BCUT2D eigenvalue weighted by Gasteiger charge is 2.38. The molecule has 0 aromatic heterocycles. The van der Waals surface area contributed by atoms with Crippen molar-refractivity contribution < 1.29 is 9.47 Å². The number of hydrogen-bond acceptors (Lipinski definition) is 4. The van der Waals surface area contributed by atoms with Crippen molar-refractivity contribution in [1.82, 2.24) is 10.2 Å². The summed E-state index contributed by atoms with van der Waals surface area (Å²) >= 11 is 0. The second kappa shape index (κ2) is 6.46. The first-order valence-corrected chi connectivity index (χ1v) is 7.21. The van der Waals surface area contributed by atoms with Crippen molar-refractivity contribution in [2.75, 3.05) is 34.9 Å². The zero-order chi connectivity index (χ0) is 14.6. The number of benzene rings is 1. The smallest absolute Gasteiger partial charge is 0.165 e. The maximum Gasteiger partial charge on any atom is 0.165 e. The highest BCUT2D eigenvalue weighted by atomic mass is 16.5. The van der Waals surface area contributed by atoms with E-state index in [1.54, 1.807) is 14.2 Å². The Hall–Kier alpha value is -1.26. The zero-order valence-corrected chi connectivity index (χ0v) is 13.0. The molecule has 0 bridgehead atoms. The van der Waals surface area contributed by atoms with Crippen LogP contribution < -0.4 is 14.8 Å². The molecule has 1 fully saturated rings. The van der Waals surface area contributed by atoms with Crippen LogP contribution in [0.15, 0.2) is 18.2 Å². The Bertz CT molecular complexity index is 442. The molecule has 0 heterocycles. The number of ether oxygens (including phenoxy) is 2. The van der Waals surface area contributed by atoms with Crippen molar-refractivity contribution in [3.05, 3.63) is 23.8 Å². The molecule has 20 heavy (non-hydrogen) atoms. The van der Waals surface area contributed by atoms with Gasteiger partial charge >= 0.3 is 0 Å². The highest BCUT2D eigenvalue weighted by molar-refractivity contribution is 5.46. The molecule has 1 N–H and O–H groups in total. The van der Waals surface area contributed by atoms with Gasteiger partial charge in [-0.3, -0.25) is 0 Å². The monoisotopic (exact) mass is 278 g/mol. The molecule has 0 unspecified atom stereocenters. The highest BCUT2D eigenvalue weighted by Crippen LogP contribution is 2.36. The molecule has 112 valence electrons. The van der Waals surface area contributed by atoms with Gasteiger partial charge in [-0.15, -0.1) is 0 Å². The van der Waals surface area contributed by atoms with E-state index in [1.807, 2.05) is 12.1 Å². The van der Waals surface area contributed by atoms with Gasteiger partial charge in [0.05, 0.1) is 14.2 Å². The maximum atomic E-state index is 5.46. The van der Waals surface area contributed by atoms with Crippen LogP contribution in [0.1, 0.15) is 24.8 Å². The minimum atomic E-state index is 0.339. The summed E-state index contributed by atoms with van der Waals surface area (Å²) in [5.74, 6) is 1.62. The van der Waals surface area contributed by atoms with E-state index in [1.165, 1.54) is 19.3 Å². The molecule has 0 saturated heterocycles. The number of nitrogens with one attached hydrogen (secondary N) is 1. The molecule has 0 atom stereocenters. The predicted octanol–water partition coefficient (Wildman–Crippen LogP) is 2.28. The topological polar surface area (TPSA) is 33.7 Å². The van der Waals surface area contributed by atoms with E-state index < -0.39 is 0 Å². The summed E-state index contributed by atoms with van der Waals surface area (Å²) in [5, 5.41) is 3.57. The van der Waals surface area contributed by atoms with Crippen LogP contribution in [0.4, 0.5) is 0 Å². The van der Waals surface area contributed by atoms with Gasteiger partial charge < -0.3 is 19.7 Å². The lowest BCUT2D eigenvalue weighted by molar-refractivity contribution is 0.0597. The van der Waals surface area contributed by atoms with Crippen LogP contribution >= 0.6 is 0 Å². The Kier molecular flexibility index (Phi) is 4.89. The van der Waals surface area contributed by atoms with Crippen LogP contribution in [0.5, 0.6) is 11.5 Å². The largest absolute Gasteiger partial charge is 0.493 e. The van der Waals surface area contributed by atoms with E-state index in [4.69, 9.17) is 9.47 Å². The molecule has 0 aliphatic heterocycles. The molecular formula is C16H26N2O2. The second-order valence-corrected chi connectivity index (χ2v) is 5.73. The third-order valence-corrected chi connectivity index (χ3v) is 4.49. The Balaban J connectivity index is 1.97. The van der Waals surface area contributed by atoms with Crippen LogP contribution in [0.2, 0.25) is 0 Å². The minimum absolute atomic E-state index is 0.339. The summed E-state index contributed by atoms with van der Waals surface area (Å²) in [4.78, 5) is 2.35. The van der Waals surface area contributed by atoms with Crippen LogP contribution in [0.3, 0.4) is 0 Å². The lowest BCUT2D eigenvalue weighted by atomic mass is 9.75. The SMILES string of the molecule is COc1cccc(CNCC2(N(C)C)CCC2)c1OC. The van der Waals surface area contributed by atoms with E-state index >= 15 is 0 Å². The fraction of sp³-hybridized carbons (Fsp3) is 0.625. The third-order valence-electron chi connectivity index (χ3n) is 4.49. The molecule has 4 nitrogen and oxygen atoms in total. The van der Waals surface area contributed by atoms with Gasteiger partial charge in [-0.2, -0.15) is 0 Å². The van der Waals surface area contributed by atoms with Crippen molar-refractivity contribution in [3.8, 4) is 11.5 Å². The van der Waals surface area contributed by atoms with Gasteiger partial charge in [0.2, 0.25) is 0 Å². The first-order chi connectivity index (χ1) is 9.63. The average molecular weight is 278 g/mol. The summed E-state index contributed by atoms with van der Waals surface area (Å²) in [6, 6.07) is 6.01. The maximum absolute atomic E-state index is 5.46. The summed E-state index contributed by atoms with van der Waals surface area (Å²) < 4.78 is 10.8. The summed E-state index contributed by atoms with van der Waals surface area (Å²) in [7, 11) is 7.71. The Morgan fingerprint density at radius 3 is 2.45 bits per heavy atom. The van der Waals surface area contributed by atoms with Crippen molar-refractivity contribution in [2.45, 2.75) is 31.3 Å². The Morgan fingerprint density at radius 2 is 1.95 bits per heavy atom. The number of nitrogens with zero attached hydrogens (tertiary/aromatic N) is 1. The van der Waals surface area contributed by atoms with Crippen LogP contribution in [0.25, 0.3) is 0 Å². The minimum Gasteiger partial charge on any atom is -0.493 e. The molecule has 4 heteroatoms. The molecule has 0 spiro atoms. The average Bonchev–Trinajstić information content (AvgIpc) is 2.40. The van der Waals surface area contributed by atoms with Crippen LogP contribution in [0, 0.1) is 0 Å². The van der Waals surface area contributed by atoms with Crippen LogP contribution in [-0.4, -0.2) is 45.3 Å². The predicted molar refractivity (Wildman–Crippen MR) is 81.5 cm³/mol. The number of para-hydroxylation sites is 1. The Labute approximate surface area is 122 Å². The lowest BCUT2D eigenvalue weighted by Crippen LogP contribution is -2.56. The van der Waals surface area contributed by atoms with Gasteiger partial charge in [0, 0.05) is 24.2 Å².